The maximum atomic E-state index is 11.9. The fraction of sp³-hybridized carbons (Fsp3) is 0.450. The summed E-state index contributed by atoms with van der Waals surface area (Å²) in [5.41, 5.74) is 1.21. The minimum atomic E-state index is -0.0252. The topological polar surface area (TPSA) is 70.1 Å². The molecule has 2 aromatic rings. The number of hydrogen-bond acceptors (Lipinski definition) is 5. The summed E-state index contributed by atoms with van der Waals surface area (Å²) >= 11 is 1.65. The van der Waals surface area contributed by atoms with E-state index in [9.17, 15) is 4.79 Å². The van der Waals surface area contributed by atoms with Crippen molar-refractivity contribution in [2.24, 2.45) is 4.99 Å². The lowest BCUT2D eigenvalue weighted by Crippen LogP contribution is -2.41. The summed E-state index contributed by atoms with van der Waals surface area (Å²) in [5.74, 6) is 1.55. The highest BCUT2D eigenvalue weighted by Gasteiger charge is 2.10. The van der Waals surface area contributed by atoms with Crippen molar-refractivity contribution >= 4 is 47.2 Å². The van der Waals surface area contributed by atoms with Gasteiger partial charge in [0.1, 0.15) is 12.3 Å². The van der Waals surface area contributed by atoms with Gasteiger partial charge in [0.25, 0.3) is 0 Å². The monoisotopic (exact) mass is 531 g/mol. The van der Waals surface area contributed by atoms with Gasteiger partial charge in [0, 0.05) is 52.2 Å². The Hall–Kier alpha value is -1.88. The Balaban J connectivity index is 0.00000420. The molecule has 0 aliphatic heterocycles. The molecule has 0 saturated carbocycles. The molecule has 160 valence electrons. The number of nitrogens with one attached hydrogen (secondary N) is 1. The van der Waals surface area contributed by atoms with E-state index in [4.69, 9.17) is 4.74 Å². The molecule has 0 aliphatic rings. The number of likely N-dealkylation sites (N-methyl/N-ethyl adjacent to an activating group) is 2. The minimum absolute atomic E-state index is 0. The minimum Gasteiger partial charge on any atom is -0.497 e. The molecular weight excluding hydrogens is 501 g/mol. The smallest absolute Gasteiger partial charge is 0.243 e. The molecule has 1 aromatic carbocycles. The first-order valence-electron chi connectivity index (χ1n) is 9.20. The Labute approximate surface area is 194 Å². The highest BCUT2D eigenvalue weighted by Crippen LogP contribution is 2.11. The van der Waals surface area contributed by atoms with Gasteiger partial charge in [-0.25, -0.2) is 9.98 Å². The van der Waals surface area contributed by atoms with E-state index >= 15 is 0 Å². The van der Waals surface area contributed by atoms with E-state index in [-0.39, 0.29) is 36.4 Å². The van der Waals surface area contributed by atoms with Crippen LogP contribution in [0, 0.1) is 0 Å². The Bertz CT molecular complexity index is 751. The second kappa shape index (κ2) is 13.4. The van der Waals surface area contributed by atoms with E-state index < -0.39 is 0 Å². The molecule has 0 bridgehead atoms. The molecule has 29 heavy (non-hydrogen) atoms. The van der Waals surface area contributed by atoms with Gasteiger partial charge in [-0.2, -0.15) is 0 Å². The number of aromatic nitrogens is 1. The lowest BCUT2D eigenvalue weighted by molar-refractivity contribution is -0.127. The number of ether oxygens (including phenoxy) is 1. The van der Waals surface area contributed by atoms with Gasteiger partial charge in [0.15, 0.2) is 5.96 Å². The van der Waals surface area contributed by atoms with E-state index in [0.29, 0.717) is 0 Å². The van der Waals surface area contributed by atoms with Crippen LogP contribution >= 0.6 is 35.3 Å². The number of carbonyl (C=O) groups is 1. The lowest BCUT2D eigenvalue weighted by Gasteiger charge is -2.22. The normalized spacial score (nSPS) is 10.8. The predicted octanol–water partition coefficient (Wildman–Crippen LogP) is 2.52. The van der Waals surface area contributed by atoms with Gasteiger partial charge in [-0.3, -0.25) is 4.79 Å². The van der Waals surface area contributed by atoms with Crippen molar-refractivity contribution in [1.82, 2.24) is 20.1 Å². The van der Waals surface area contributed by atoms with Crippen molar-refractivity contribution in [3.05, 3.63) is 46.4 Å². The van der Waals surface area contributed by atoms with Crippen molar-refractivity contribution < 1.29 is 9.53 Å². The summed E-state index contributed by atoms with van der Waals surface area (Å²) in [7, 11) is 7.12. The zero-order valence-corrected chi connectivity index (χ0v) is 20.6. The van der Waals surface area contributed by atoms with Crippen LogP contribution in [0.25, 0.3) is 0 Å². The molecule has 7 nitrogen and oxygen atoms in total. The summed E-state index contributed by atoms with van der Waals surface area (Å²) in [6, 6.07) is 8.03. The highest BCUT2D eigenvalue weighted by atomic mass is 127. The van der Waals surface area contributed by atoms with Crippen LogP contribution in [0.2, 0.25) is 0 Å². The molecule has 0 aliphatic carbocycles. The van der Waals surface area contributed by atoms with Gasteiger partial charge in [-0.15, -0.1) is 35.3 Å². The largest absolute Gasteiger partial charge is 0.497 e. The van der Waals surface area contributed by atoms with Gasteiger partial charge in [0.05, 0.1) is 12.1 Å². The third-order valence-corrected chi connectivity index (χ3v) is 5.06. The van der Waals surface area contributed by atoms with Gasteiger partial charge in [0.2, 0.25) is 5.91 Å². The van der Waals surface area contributed by atoms with E-state index in [1.807, 2.05) is 35.7 Å². The number of benzene rings is 1. The average molecular weight is 531 g/mol. The lowest BCUT2D eigenvalue weighted by atomic mass is 10.1. The second-order valence-corrected chi connectivity index (χ2v) is 7.53. The quantitative estimate of drug-likeness (QED) is 0.306. The molecule has 1 heterocycles. The fourth-order valence-corrected chi connectivity index (χ4v) is 3.06. The molecule has 1 N–H and O–H groups in total. The average Bonchev–Trinajstić information content (AvgIpc) is 3.22. The zero-order chi connectivity index (χ0) is 20.4. The highest BCUT2D eigenvalue weighted by molar-refractivity contribution is 14.0. The van der Waals surface area contributed by atoms with Gasteiger partial charge in [-0.1, -0.05) is 12.1 Å². The molecule has 0 unspecified atom stereocenters. The Morgan fingerprint density at radius 3 is 2.52 bits per heavy atom. The molecular formula is C20H30IN5O2S. The molecule has 0 saturated heterocycles. The van der Waals surface area contributed by atoms with Gasteiger partial charge >= 0.3 is 0 Å². The summed E-state index contributed by atoms with van der Waals surface area (Å²) < 4.78 is 5.19. The van der Waals surface area contributed by atoms with Crippen molar-refractivity contribution in [3.63, 3.8) is 0 Å². The van der Waals surface area contributed by atoms with E-state index in [2.05, 4.69) is 27.4 Å². The van der Waals surface area contributed by atoms with Crippen LogP contribution in [0.5, 0.6) is 5.75 Å². The number of nitrogens with zero attached hydrogens (tertiary/aromatic N) is 4. The van der Waals surface area contributed by atoms with Gasteiger partial charge in [-0.05, 0) is 24.1 Å². The van der Waals surface area contributed by atoms with Crippen LogP contribution in [0.15, 0.2) is 40.8 Å². The van der Waals surface area contributed by atoms with Crippen LogP contribution < -0.4 is 10.1 Å². The van der Waals surface area contributed by atoms with E-state index in [1.54, 1.807) is 37.4 Å². The number of guanidine groups is 1. The predicted molar refractivity (Wildman–Crippen MR) is 130 cm³/mol. The zero-order valence-electron chi connectivity index (χ0n) is 17.4. The summed E-state index contributed by atoms with van der Waals surface area (Å²) in [6.45, 7) is 1.63. The van der Waals surface area contributed by atoms with Crippen LogP contribution in [0.3, 0.4) is 0 Å². The maximum absolute atomic E-state index is 11.9. The maximum Gasteiger partial charge on any atom is 0.243 e. The first kappa shape index (κ1) is 25.2. The fourth-order valence-electron chi connectivity index (χ4n) is 2.45. The SMILES string of the molecule is COc1ccc(CCNC(=NCC(=O)N(C)C)N(C)CCc2nccs2)cc1.I. The number of carbonyl (C=O) groups excluding carboxylic acids is 1. The van der Waals surface area contributed by atoms with Crippen LogP contribution in [-0.4, -0.2) is 74.5 Å². The molecule has 9 heteroatoms. The van der Waals surface area contributed by atoms with Crippen molar-refractivity contribution in [1.29, 1.82) is 0 Å². The van der Waals surface area contributed by atoms with Crippen LogP contribution in [0.1, 0.15) is 10.6 Å². The van der Waals surface area contributed by atoms with Crippen LogP contribution in [0.4, 0.5) is 0 Å². The van der Waals surface area contributed by atoms with Gasteiger partial charge < -0.3 is 19.9 Å². The summed E-state index contributed by atoms with van der Waals surface area (Å²) in [4.78, 5) is 24.3. The number of rotatable bonds is 9. The van der Waals surface area contributed by atoms with E-state index in [0.717, 1.165) is 42.6 Å². The van der Waals surface area contributed by atoms with E-state index in [1.165, 1.54) is 5.56 Å². The number of aliphatic imine (C=N–C) groups is 1. The molecule has 0 spiro atoms. The number of amides is 1. The molecule has 0 fully saturated rings. The summed E-state index contributed by atoms with van der Waals surface area (Å²) in [6.07, 6.45) is 3.51. The number of halogens is 1. The Morgan fingerprint density at radius 1 is 1.21 bits per heavy atom. The first-order valence-corrected chi connectivity index (χ1v) is 10.1. The standard InChI is InChI=1S/C20H29N5O2S.HI/c1-24(2)19(26)15-23-20(25(3)13-10-18-21-12-14-28-18)22-11-9-16-5-7-17(27-4)8-6-16;/h5-8,12,14H,9-11,13,15H2,1-4H3,(H,22,23);1H. The van der Waals surface area contributed by atoms with Crippen LogP contribution in [-0.2, 0) is 17.6 Å². The Kier molecular flexibility index (Phi) is 11.6. The number of thiazole rings is 1. The van der Waals surface area contributed by atoms with Crippen molar-refractivity contribution in [3.8, 4) is 5.75 Å². The van der Waals surface area contributed by atoms with Crippen molar-refractivity contribution in [2.75, 3.05) is 47.9 Å². The number of hydrogen-bond donors (Lipinski definition) is 1. The first-order chi connectivity index (χ1) is 13.5. The third kappa shape index (κ3) is 8.99. The molecule has 1 amide bonds. The molecule has 2 rings (SSSR count). The molecule has 1 aromatic heterocycles. The number of methoxy groups -OCH3 is 1. The van der Waals surface area contributed by atoms with Crippen molar-refractivity contribution in [2.45, 2.75) is 12.8 Å². The summed E-state index contributed by atoms with van der Waals surface area (Å²) in [5, 5.41) is 6.45. The molecule has 0 atom stereocenters. The second-order valence-electron chi connectivity index (χ2n) is 6.55. The Morgan fingerprint density at radius 2 is 1.93 bits per heavy atom. The third-order valence-electron chi connectivity index (χ3n) is 4.22. The molecule has 0 radical (unpaired) electrons.